The first-order valence-corrected chi connectivity index (χ1v) is 32.6. The number of ether oxygens (including phenoxy) is 5. The van der Waals surface area contributed by atoms with Gasteiger partial charge < -0.3 is 39.0 Å². The molecule has 0 radical (unpaired) electrons. The van der Waals surface area contributed by atoms with Crippen LogP contribution >= 0.6 is 0 Å². The Morgan fingerprint density at radius 1 is 0.430 bits per heavy atom. The van der Waals surface area contributed by atoms with Crippen LogP contribution in [0.5, 0.6) is 0 Å². The molecule has 6 unspecified atom stereocenters. The van der Waals surface area contributed by atoms with Gasteiger partial charge in [-0.3, -0.25) is 14.4 Å². The van der Waals surface area contributed by atoms with E-state index in [1.807, 2.05) is 0 Å². The van der Waals surface area contributed by atoms with E-state index in [1.165, 1.54) is 122 Å². The number of esters is 3. The first kappa shape index (κ1) is 73.7. The highest BCUT2D eigenvalue weighted by molar-refractivity contribution is 5.74. The fraction of sp³-hybridized carbons (Fsp3) is 0.821. The second-order valence-electron chi connectivity index (χ2n) is 22.4. The minimum atomic E-state index is -1.91. The highest BCUT2D eigenvalue weighted by Crippen LogP contribution is 2.27. The Labute approximate surface area is 482 Å². The average molecular weight is 1120 g/mol. The third-order valence-corrected chi connectivity index (χ3v) is 14.9. The maximum Gasteiger partial charge on any atom is 0.335 e. The lowest BCUT2D eigenvalue weighted by Crippen LogP contribution is -2.61. The zero-order valence-corrected chi connectivity index (χ0v) is 50.6. The van der Waals surface area contributed by atoms with E-state index < -0.39 is 67.3 Å². The monoisotopic (exact) mass is 1110 g/mol. The molecule has 3 N–H and O–H groups in total. The largest absolute Gasteiger partial charge is 0.479 e. The molecule has 6 atom stereocenters. The van der Waals surface area contributed by atoms with Crippen LogP contribution in [-0.4, -0.2) is 89.2 Å². The molecule has 0 amide bonds. The van der Waals surface area contributed by atoms with Gasteiger partial charge in [-0.05, 0) is 77.0 Å². The van der Waals surface area contributed by atoms with Crippen LogP contribution < -0.4 is 0 Å². The number of rotatable bonds is 56. The van der Waals surface area contributed by atoms with E-state index in [4.69, 9.17) is 23.7 Å². The summed E-state index contributed by atoms with van der Waals surface area (Å²) < 4.78 is 28.5. The molecule has 12 nitrogen and oxygen atoms in total. The molecule has 0 aromatic carbocycles. The topological polar surface area (TPSA) is 175 Å². The van der Waals surface area contributed by atoms with Crippen LogP contribution in [0.15, 0.2) is 48.6 Å². The summed E-state index contributed by atoms with van der Waals surface area (Å²) in [7, 11) is 0. The second-order valence-corrected chi connectivity index (χ2v) is 22.4. The molecule has 0 aromatic heterocycles. The van der Waals surface area contributed by atoms with E-state index in [0.29, 0.717) is 19.3 Å². The highest BCUT2D eigenvalue weighted by Gasteiger charge is 2.50. The lowest BCUT2D eigenvalue weighted by molar-refractivity contribution is -0.301. The number of unbranched alkanes of at least 4 members (excludes halogenated alkanes) is 34. The van der Waals surface area contributed by atoms with Crippen LogP contribution in [0, 0.1) is 0 Å². The van der Waals surface area contributed by atoms with Crippen LogP contribution in [0.1, 0.15) is 303 Å². The zero-order chi connectivity index (χ0) is 57.5. The van der Waals surface area contributed by atoms with Crippen molar-refractivity contribution < 1.29 is 58.2 Å². The van der Waals surface area contributed by atoms with Gasteiger partial charge >= 0.3 is 23.9 Å². The van der Waals surface area contributed by atoms with Crippen LogP contribution in [0.4, 0.5) is 0 Å². The molecule has 1 heterocycles. The van der Waals surface area contributed by atoms with Crippen molar-refractivity contribution in [2.24, 2.45) is 0 Å². The molecule has 12 heteroatoms. The minimum Gasteiger partial charge on any atom is -0.479 e. The number of carboxylic acid groups (broad SMARTS) is 1. The van der Waals surface area contributed by atoms with Gasteiger partial charge in [0.15, 0.2) is 24.6 Å². The summed E-state index contributed by atoms with van der Waals surface area (Å²) in [6, 6.07) is 0. The van der Waals surface area contributed by atoms with Gasteiger partial charge in [0.1, 0.15) is 18.8 Å². The standard InChI is InChI=1S/C67H118O12/c1-4-7-10-13-16-19-22-25-27-29-30-32-33-36-38-41-44-47-50-53-59(68)75-56-58(77-60(69)54-51-48-45-42-40-37-34-31-28-26-23-20-17-14-11-8-5-2)57-76-67-65(63(72)62(71)64(79-67)66(73)74)78-61(70)55-52-49-46-43-39-35-24-21-18-15-12-9-6-3/h8,11,17,20-21,24,26,28,58,62-65,67,71-72H,4-7,9-10,12-16,18-19,22-23,25,27,29-57H2,1-3H3,(H,73,74)/b11-8-,20-17-,24-21-,28-26-. The average Bonchev–Trinajstić information content (AvgIpc) is 3.46. The molecule has 0 aromatic rings. The number of carboxylic acids is 1. The fourth-order valence-electron chi connectivity index (χ4n) is 9.91. The van der Waals surface area contributed by atoms with Gasteiger partial charge in [-0.1, -0.05) is 256 Å². The molecule has 458 valence electrons. The van der Waals surface area contributed by atoms with Crippen LogP contribution in [0.2, 0.25) is 0 Å². The van der Waals surface area contributed by atoms with Crippen molar-refractivity contribution in [3.63, 3.8) is 0 Å². The van der Waals surface area contributed by atoms with Gasteiger partial charge in [0.2, 0.25) is 0 Å². The summed E-state index contributed by atoms with van der Waals surface area (Å²) in [5, 5.41) is 31.5. The molecule has 1 saturated heterocycles. The summed E-state index contributed by atoms with van der Waals surface area (Å²) in [6.07, 6.45) is 55.0. The lowest BCUT2D eigenvalue weighted by Gasteiger charge is -2.40. The number of carbonyl (C=O) groups excluding carboxylic acids is 3. The van der Waals surface area contributed by atoms with Crippen LogP contribution in [0.3, 0.4) is 0 Å². The van der Waals surface area contributed by atoms with Crippen molar-refractivity contribution >= 4 is 23.9 Å². The van der Waals surface area contributed by atoms with Gasteiger partial charge in [0.05, 0.1) is 6.61 Å². The predicted octanol–water partition coefficient (Wildman–Crippen LogP) is 17.3. The van der Waals surface area contributed by atoms with Gasteiger partial charge in [-0.15, -0.1) is 0 Å². The van der Waals surface area contributed by atoms with Crippen molar-refractivity contribution in [2.75, 3.05) is 13.2 Å². The maximum atomic E-state index is 13.2. The SMILES string of the molecule is CC/C=C\C/C=C\C/C=C\CCCCCCCCCC(=O)OC(COC(=O)CCCCCCCCCCCCCCCCCCCCC)COC1OC(C(=O)O)C(O)C(O)C1OC(=O)CCCCCCC/C=C\CCCCCC. The number of hydrogen-bond acceptors (Lipinski definition) is 11. The van der Waals surface area contributed by atoms with Crippen molar-refractivity contribution in [1.29, 1.82) is 0 Å². The predicted molar refractivity (Wildman–Crippen MR) is 322 cm³/mol. The highest BCUT2D eigenvalue weighted by atomic mass is 16.7. The molecule has 0 saturated carbocycles. The molecule has 0 bridgehead atoms. The molecule has 0 spiro atoms. The summed E-state index contributed by atoms with van der Waals surface area (Å²) >= 11 is 0. The number of hydrogen-bond donors (Lipinski definition) is 3. The molecule has 1 aliphatic rings. The molecule has 79 heavy (non-hydrogen) atoms. The molecule has 1 fully saturated rings. The van der Waals surface area contributed by atoms with Gasteiger partial charge in [-0.2, -0.15) is 0 Å². The Hall–Kier alpha value is -3.32. The molecular weight excluding hydrogens is 997 g/mol. The van der Waals surface area contributed by atoms with E-state index in [-0.39, 0.29) is 25.9 Å². The Morgan fingerprint density at radius 3 is 1.24 bits per heavy atom. The van der Waals surface area contributed by atoms with Crippen LogP contribution in [-0.2, 0) is 42.9 Å². The van der Waals surface area contributed by atoms with Gasteiger partial charge in [-0.25, -0.2) is 4.79 Å². The molecule has 0 aliphatic carbocycles. The first-order chi connectivity index (χ1) is 38.6. The van der Waals surface area contributed by atoms with Crippen molar-refractivity contribution in [3.05, 3.63) is 48.6 Å². The summed E-state index contributed by atoms with van der Waals surface area (Å²) in [5.74, 6) is -3.12. The van der Waals surface area contributed by atoms with Crippen molar-refractivity contribution in [3.8, 4) is 0 Å². The molecule has 1 aliphatic heterocycles. The van der Waals surface area contributed by atoms with E-state index in [0.717, 1.165) is 122 Å². The Kier molecular flexibility index (Phi) is 51.5. The minimum absolute atomic E-state index is 0.0511. The third-order valence-electron chi connectivity index (χ3n) is 14.9. The Bertz CT molecular complexity index is 1560. The summed E-state index contributed by atoms with van der Waals surface area (Å²) in [6.45, 7) is 5.90. The van der Waals surface area contributed by atoms with Crippen molar-refractivity contribution in [1.82, 2.24) is 0 Å². The number of aliphatic hydroxyl groups excluding tert-OH is 2. The molecule has 1 rings (SSSR count). The van der Waals surface area contributed by atoms with Crippen LogP contribution in [0.25, 0.3) is 0 Å². The number of aliphatic carboxylic acids is 1. The van der Waals surface area contributed by atoms with Gasteiger partial charge in [0, 0.05) is 19.3 Å². The zero-order valence-electron chi connectivity index (χ0n) is 50.6. The van der Waals surface area contributed by atoms with E-state index in [2.05, 4.69) is 69.4 Å². The normalized spacial score (nSPS) is 18.1. The summed E-state index contributed by atoms with van der Waals surface area (Å²) in [5.41, 5.74) is 0. The summed E-state index contributed by atoms with van der Waals surface area (Å²) in [4.78, 5) is 51.3. The maximum absolute atomic E-state index is 13.2. The Balaban J connectivity index is 2.64. The number of carbonyl (C=O) groups is 4. The lowest BCUT2D eigenvalue weighted by atomic mass is 9.98. The van der Waals surface area contributed by atoms with E-state index in [1.54, 1.807) is 0 Å². The second kappa shape index (κ2) is 55.2. The van der Waals surface area contributed by atoms with Gasteiger partial charge in [0.25, 0.3) is 0 Å². The first-order valence-electron chi connectivity index (χ1n) is 32.6. The number of aliphatic hydroxyl groups is 2. The van der Waals surface area contributed by atoms with E-state index in [9.17, 15) is 34.5 Å². The van der Waals surface area contributed by atoms with E-state index >= 15 is 0 Å². The Morgan fingerprint density at radius 2 is 0.797 bits per heavy atom. The van der Waals surface area contributed by atoms with Crippen molar-refractivity contribution in [2.45, 2.75) is 340 Å². The molecular formula is C67H118O12. The quantitative estimate of drug-likeness (QED) is 0.0228. The smallest absolute Gasteiger partial charge is 0.335 e. The number of allylic oxidation sites excluding steroid dienone is 8. The fourth-order valence-corrected chi connectivity index (χ4v) is 9.91. The third kappa shape index (κ3) is 45.0.